The number of amides is 1. The lowest BCUT2D eigenvalue weighted by atomic mass is 10.1. The molecule has 1 heterocycles. The fraction of sp³-hybridized carbons (Fsp3) is 0.381. The lowest BCUT2D eigenvalue weighted by Crippen LogP contribution is -2.22. The number of carbonyl (C=O) groups is 3. The van der Waals surface area contributed by atoms with Crippen molar-refractivity contribution in [2.45, 2.75) is 38.5 Å². The summed E-state index contributed by atoms with van der Waals surface area (Å²) in [5, 5.41) is 3.11. The highest BCUT2D eigenvalue weighted by molar-refractivity contribution is 7.99. The van der Waals surface area contributed by atoms with E-state index in [2.05, 4.69) is 5.32 Å². The van der Waals surface area contributed by atoms with Crippen LogP contribution in [-0.2, 0) is 25.5 Å². The van der Waals surface area contributed by atoms with Crippen LogP contribution in [0.3, 0.4) is 0 Å². The predicted octanol–water partition coefficient (Wildman–Crippen LogP) is 4.46. The highest BCUT2D eigenvalue weighted by Crippen LogP contribution is 2.34. The van der Waals surface area contributed by atoms with Crippen molar-refractivity contribution in [3.05, 3.63) is 46.3 Å². The topological polar surface area (TPSA) is 81.7 Å². The lowest BCUT2D eigenvalue weighted by molar-refractivity contribution is -0.146. The van der Waals surface area contributed by atoms with Gasteiger partial charge in [-0.25, -0.2) is 4.79 Å². The first-order valence-electron chi connectivity index (χ1n) is 9.38. The summed E-state index contributed by atoms with van der Waals surface area (Å²) in [6.45, 7) is 5.40. The number of esters is 2. The molecule has 2 aromatic rings. The SMILES string of the molecule is CCOC(=O)c1c(NC(=O)COC(=O)CCSc2ccccc2)sc(CC)c1C. The maximum atomic E-state index is 12.2. The van der Waals surface area contributed by atoms with Crippen LogP contribution in [0.2, 0.25) is 0 Å². The third kappa shape index (κ3) is 6.90. The average Bonchev–Trinajstić information content (AvgIpc) is 3.02. The Bertz CT molecular complexity index is 848. The molecule has 0 aliphatic rings. The van der Waals surface area contributed by atoms with Gasteiger partial charge in [-0.15, -0.1) is 23.1 Å². The number of nitrogens with one attached hydrogen (secondary N) is 1. The number of benzene rings is 1. The zero-order valence-electron chi connectivity index (χ0n) is 16.8. The Morgan fingerprint density at radius 2 is 1.83 bits per heavy atom. The first kappa shape index (κ1) is 23.0. The molecule has 8 heteroatoms. The summed E-state index contributed by atoms with van der Waals surface area (Å²) >= 11 is 2.89. The van der Waals surface area contributed by atoms with Crippen molar-refractivity contribution in [3.8, 4) is 0 Å². The maximum Gasteiger partial charge on any atom is 0.341 e. The van der Waals surface area contributed by atoms with Gasteiger partial charge < -0.3 is 14.8 Å². The van der Waals surface area contributed by atoms with E-state index in [4.69, 9.17) is 9.47 Å². The van der Waals surface area contributed by atoms with Crippen LogP contribution in [0, 0.1) is 6.92 Å². The van der Waals surface area contributed by atoms with E-state index in [-0.39, 0.29) is 13.0 Å². The molecule has 0 bridgehead atoms. The van der Waals surface area contributed by atoms with Crippen LogP contribution >= 0.6 is 23.1 Å². The number of ether oxygens (including phenoxy) is 2. The molecule has 0 spiro atoms. The van der Waals surface area contributed by atoms with Crippen molar-refractivity contribution in [1.82, 2.24) is 0 Å². The summed E-state index contributed by atoms with van der Waals surface area (Å²) in [5.41, 5.74) is 1.17. The van der Waals surface area contributed by atoms with E-state index in [1.165, 1.54) is 11.3 Å². The summed E-state index contributed by atoms with van der Waals surface area (Å²) in [6.07, 6.45) is 0.950. The summed E-state index contributed by atoms with van der Waals surface area (Å²) in [4.78, 5) is 38.4. The number of hydrogen-bond donors (Lipinski definition) is 1. The van der Waals surface area contributed by atoms with Crippen LogP contribution in [0.15, 0.2) is 35.2 Å². The zero-order chi connectivity index (χ0) is 21.2. The first-order chi connectivity index (χ1) is 14.0. The van der Waals surface area contributed by atoms with Crippen LogP contribution in [-0.4, -0.2) is 36.8 Å². The van der Waals surface area contributed by atoms with Crippen LogP contribution in [0.1, 0.15) is 41.1 Å². The van der Waals surface area contributed by atoms with Crippen LogP contribution in [0.25, 0.3) is 0 Å². The Balaban J connectivity index is 1.85. The monoisotopic (exact) mass is 435 g/mol. The largest absolute Gasteiger partial charge is 0.462 e. The summed E-state index contributed by atoms with van der Waals surface area (Å²) in [7, 11) is 0. The number of thioether (sulfide) groups is 1. The van der Waals surface area contributed by atoms with Crippen molar-refractivity contribution in [2.75, 3.05) is 24.3 Å². The smallest absolute Gasteiger partial charge is 0.341 e. The summed E-state index contributed by atoms with van der Waals surface area (Å²) in [6, 6.07) is 9.75. The molecular weight excluding hydrogens is 410 g/mol. The molecule has 1 aromatic heterocycles. The minimum Gasteiger partial charge on any atom is -0.462 e. The molecule has 0 aliphatic heterocycles. The van der Waals surface area contributed by atoms with Crippen molar-refractivity contribution in [1.29, 1.82) is 0 Å². The second-order valence-corrected chi connectivity index (χ2v) is 8.32. The van der Waals surface area contributed by atoms with Gasteiger partial charge in [0.2, 0.25) is 0 Å². The molecule has 0 saturated heterocycles. The second-order valence-electron chi connectivity index (χ2n) is 6.05. The van der Waals surface area contributed by atoms with Gasteiger partial charge in [-0.3, -0.25) is 9.59 Å². The normalized spacial score (nSPS) is 10.4. The molecule has 6 nitrogen and oxygen atoms in total. The quantitative estimate of drug-likeness (QED) is 0.438. The van der Waals surface area contributed by atoms with Gasteiger partial charge in [-0.1, -0.05) is 25.1 Å². The van der Waals surface area contributed by atoms with Crippen molar-refractivity contribution < 1.29 is 23.9 Å². The van der Waals surface area contributed by atoms with Crippen molar-refractivity contribution >= 4 is 45.9 Å². The van der Waals surface area contributed by atoms with E-state index < -0.39 is 24.5 Å². The molecule has 29 heavy (non-hydrogen) atoms. The third-order valence-corrected chi connectivity index (χ3v) is 6.35. The lowest BCUT2D eigenvalue weighted by Gasteiger charge is -2.08. The highest BCUT2D eigenvalue weighted by Gasteiger charge is 2.23. The molecule has 0 radical (unpaired) electrons. The van der Waals surface area contributed by atoms with Crippen LogP contribution in [0.4, 0.5) is 5.00 Å². The average molecular weight is 436 g/mol. The predicted molar refractivity (Wildman–Crippen MR) is 116 cm³/mol. The molecule has 2 rings (SSSR count). The standard InChI is InChI=1S/C21H25NO5S2/c1-4-16-14(3)19(21(25)26-5-2)20(29-16)22-17(23)13-27-18(24)11-12-28-15-9-7-6-8-10-15/h6-10H,4-5,11-13H2,1-3H3,(H,22,23). The summed E-state index contributed by atoms with van der Waals surface area (Å²) < 4.78 is 10.1. The number of thiophene rings is 1. The Morgan fingerprint density at radius 3 is 2.48 bits per heavy atom. The van der Waals surface area contributed by atoms with E-state index in [0.717, 1.165) is 21.8 Å². The minimum atomic E-state index is -0.483. The fourth-order valence-corrected chi connectivity index (χ4v) is 4.59. The van der Waals surface area contributed by atoms with Gasteiger partial charge >= 0.3 is 11.9 Å². The Morgan fingerprint density at radius 1 is 1.10 bits per heavy atom. The number of rotatable bonds is 10. The van der Waals surface area contributed by atoms with E-state index in [1.54, 1.807) is 18.7 Å². The first-order valence-corrected chi connectivity index (χ1v) is 11.2. The van der Waals surface area contributed by atoms with Gasteiger partial charge in [0.15, 0.2) is 6.61 Å². The summed E-state index contributed by atoms with van der Waals surface area (Å²) in [5.74, 6) is -0.818. The second kappa shape index (κ2) is 11.6. The molecule has 0 atom stereocenters. The van der Waals surface area contributed by atoms with Gasteiger partial charge in [-0.05, 0) is 38.0 Å². The molecular formula is C21H25NO5S2. The molecule has 1 amide bonds. The van der Waals surface area contributed by atoms with Gasteiger partial charge in [0, 0.05) is 15.5 Å². The van der Waals surface area contributed by atoms with Gasteiger partial charge in [0.25, 0.3) is 5.91 Å². The van der Waals surface area contributed by atoms with E-state index in [0.29, 0.717) is 16.3 Å². The zero-order valence-corrected chi connectivity index (χ0v) is 18.4. The molecule has 0 fully saturated rings. The van der Waals surface area contributed by atoms with Gasteiger partial charge in [-0.2, -0.15) is 0 Å². The van der Waals surface area contributed by atoms with E-state index in [1.807, 2.05) is 44.2 Å². The molecule has 0 saturated carbocycles. The van der Waals surface area contributed by atoms with Crippen LogP contribution < -0.4 is 5.32 Å². The number of carbonyl (C=O) groups excluding carboxylic acids is 3. The van der Waals surface area contributed by atoms with Crippen molar-refractivity contribution in [3.63, 3.8) is 0 Å². The van der Waals surface area contributed by atoms with Gasteiger partial charge in [0.1, 0.15) is 5.00 Å². The Labute approximate surface area is 179 Å². The third-order valence-electron chi connectivity index (χ3n) is 3.98. The molecule has 0 unspecified atom stereocenters. The van der Waals surface area contributed by atoms with E-state index >= 15 is 0 Å². The molecule has 1 N–H and O–H groups in total. The van der Waals surface area contributed by atoms with Crippen LogP contribution in [0.5, 0.6) is 0 Å². The molecule has 156 valence electrons. The minimum absolute atomic E-state index is 0.207. The molecule has 1 aromatic carbocycles. The van der Waals surface area contributed by atoms with E-state index in [9.17, 15) is 14.4 Å². The Kier molecular flexibility index (Phi) is 9.21. The van der Waals surface area contributed by atoms with Crippen molar-refractivity contribution in [2.24, 2.45) is 0 Å². The number of hydrogen-bond acceptors (Lipinski definition) is 7. The fourth-order valence-electron chi connectivity index (χ4n) is 2.58. The number of anilines is 1. The Hall–Kier alpha value is -2.32. The van der Waals surface area contributed by atoms with Gasteiger partial charge in [0.05, 0.1) is 18.6 Å². The molecule has 0 aliphatic carbocycles. The number of aryl methyl sites for hydroxylation is 1. The maximum absolute atomic E-state index is 12.2. The highest BCUT2D eigenvalue weighted by atomic mass is 32.2.